The standard InChI is InChI=1S/C26H23NO/c1-20-11-15-23(16-12-20)27(25-9-6-10-26(19-25)28-2)24-17-13-22(14-18-24)21-7-4-3-5-8-21/h3-19H,1-2H3. The van der Waals surface area contributed by atoms with Crippen LogP contribution in [0.2, 0.25) is 0 Å². The van der Waals surface area contributed by atoms with Crippen molar-refractivity contribution in [3.05, 3.63) is 109 Å². The summed E-state index contributed by atoms with van der Waals surface area (Å²) in [4.78, 5) is 2.25. The molecule has 4 aromatic rings. The van der Waals surface area contributed by atoms with Crippen LogP contribution in [0.25, 0.3) is 11.1 Å². The third kappa shape index (κ3) is 3.77. The molecule has 0 aliphatic rings. The lowest BCUT2D eigenvalue weighted by Gasteiger charge is -2.26. The Hall–Kier alpha value is -3.52. The topological polar surface area (TPSA) is 12.5 Å². The van der Waals surface area contributed by atoms with E-state index in [4.69, 9.17) is 4.74 Å². The molecule has 0 aliphatic carbocycles. The molecule has 0 heterocycles. The third-order valence-corrected chi connectivity index (χ3v) is 4.84. The Morgan fingerprint density at radius 1 is 0.571 bits per heavy atom. The SMILES string of the molecule is COc1cccc(N(c2ccc(C)cc2)c2ccc(-c3ccccc3)cc2)c1. The Morgan fingerprint density at radius 3 is 1.82 bits per heavy atom. The lowest BCUT2D eigenvalue weighted by molar-refractivity contribution is 0.415. The number of nitrogens with zero attached hydrogens (tertiary/aromatic N) is 1. The molecule has 0 saturated carbocycles. The molecule has 2 nitrogen and oxygen atoms in total. The van der Waals surface area contributed by atoms with Gasteiger partial charge in [-0.25, -0.2) is 0 Å². The molecule has 0 saturated heterocycles. The number of rotatable bonds is 5. The van der Waals surface area contributed by atoms with Crippen molar-refractivity contribution in [2.24, 2.45) is 0 Å². The van der Waals surface area contributed by atoms with Crippen molar-refractivity contribution in [2.45, 2.75) is 6.92 Å². The first-order valence-corrected chi connectivity index (χ1v) is 9.41. The number of hydrogen-bond acceptors (Lipinski definition) is 2. The number of benzene rings is 4. The van der Waals surface area contributed by atoms with Crippen LogP contribution in [0.3, 0.4) is 0 Å². The van der Waals surface area contributed by atoms with E-state index in [1.807, 2.05) is 18.2 Å². The van der Waals surface area contributed by atoms with Crippen molar-refractivity contribution in [2.75, 3.05) is 12.0 Å². The monoisotopic (exact) mass is 365 g/mol. The summed E-state index contributed by atoms with van der Waals surface area (Å²) in [5.74, 6) is 0.843. The fourth-order valence-corrected chi connectivity index (χ4v) is 3.32. The minimum atomic E-state index is 0.843. The Labute approximate surface area is 166 Å². The molecule has 0 unspecified atom stereocenters. The van der Waals surface area contributed by atoms with Gasteiger partial charge in [-0.1, -0.05) is 66.2 Å². The molecule has 0 spiro atoms. The molecule has 0 radical (unpaired) electrons. The van der Waals surface area contributed by atoms with E-state index < -0.39 is 0 Å². The quantitative estimate of drug-likeness (QED) is 0.373. The van der Waals surface area contributed by atoms with Gasteiger partial charge in [-0.15, -0.1) is 0 Å². The minimum Gasteiger partial charge on any atom is -0.497 e. The molecule has 4 aromatic carbocycles. The summed E-state index contributed by atoms with van der Waals surface area (Å²) < 4.78 is 5.45. The van der Waals surface area contributed by atoms with E-state index in [1.54, 1.807) is 7.11 Å². The van der Waals surface area contributed by atoms with Crippen LogP contribution in [0.1, 0.15) is 5.56 Å². The molecule has 0 aliphatic heterocycles. The van der Waals surface area contributed by atoms with E-state index in [-0.39, 0.29) is 0 Å². The van der Waals surface area contributed by atoms with Gasteiger partial charge in [-0.2, -0.15) is 0 Å². The van der Waals surface area contributed by atoms with Crippen LogP contribution in [0.15, 0.2) is 103 Å². The summed E-state index contributed by atoms with van der Waals surface area (Å²) in [6.45, 7) is 2.11. The van der Waals surface area contributed by atoms with Crippen molar-refractivity contribution in [3.63, 3.8) is 0 Å². The largest absolute Gasteiger partial charge is 0.497 e. The fraction of sp³-hybridized carbons (Fsp3) is 0.0769. The predicted molar refractivity (Wildman–Crippen MR) is 118 cm³/mol. The van der Waals surface area contributed by atoms with Gasteiger partial charge in [0.2, 0.25) is 0 Å². The van der Waals surface area contributed by atoms with E-state index in [0.29, 0.717) is 0 Å². The van der Waals surface area contributed by atoms with Gasteiger partial charge in [0.15, 0.2) is 0 Å². The number of ether oxygens (including phenoxy) is 1. The second kappa shape index (κ2) is 8.01. The lowest BCUT2D eigenvalue weighted by Crippen LogP contribution is -2.10. The Bertz CT molecular complexity index is 1040. The highest BCUT2D eigenvalue weighted by molar-refractivity contribution is 5.78. The average molecular weight is 365 g/mol. The molecule has 0 amide bonds. The van der Waals surface area contributed by atoms with Crippen LogP contribution in [-0.4, -0.2) is 7.11 Å². The zero-order valence-corrected chi connectivity index (χ0v) is 16.2. The lowest BCUT2D eigenvalue weighted by atomic mass is 10.0. The van der Waals surface area contributed by atoms with Crippen molar-refractivity contribution in [1.29, 1.82) is 0 Å². The normalized spacial score (nSPS) is 10.5. The summed E-state index contributed by atoms with van der Waals surface area (Å²) in [5.41, 5.74) is 6.96. The van der Waals surface area contributed by atoms with E-state index in [2.05, 4.69) is 96.8 Å². The maximum Gasteiger partial charge on any atom is 0.120 e. The highest BCUT2D eigenvalue weighted by Crippen LogP contribution is 2.36. The predicted octanol–water partition coefficient (Wildman–Crippen LogP) is 7.14. The van der Waals surface area contributed by atoms with Crippen molar-refractivity contribution >= 4 is 17.1 Å². The maximum absolute atomic E-state index is 5.45. The van der Waals surface area contributed by atoms with Crippen LogP contribution in [0.4, 0.5) is 17.1 Å². The van der Waals surface area contributed by atoms with Gasteiger partial charge < -0.3 is 9.64 Å². The van der Waals surface area contributed by atoms with E-state index in [9.17, 15) is 0 Å². The first-order valence-electron chi connectivity index (χ1n) is 9.41. The smallest absolute Gasteiger partial charge is 0.120 e. The zero-order valence-electron chi connectivity index (χ0n) is 16.2. The molecule has 0 N–H and O–H groups in total. The number of methoxy groups -OCH3 is 1. The first-order chi connectivity index (χ1) is 13.7. The van der Waals surface area contributed by atoms with Crippen molar-refractivity contribution < 1.29 is 4.74 Å². The highest BCUT2D eigenvalue weighted by atomic mass is 16.5. The summed E-state index contributed by atoms with van der Waals surface area (Å²) in [5, 5.41) is 0. The highest BCUT2D eigenvalue weighted by Gasteiger charge is 2.13. The maximum atomic E-state index is 5.45. The molecule has 2 heteroatoms. The van der Waals surface area contributed by atoms with Gasteiger partial charge >= 0.3 is 0 Å². The van der Waals surface area contributed by atoms with Crippen LogP contribution in [0.5, 0.6) is 5.75 Å². The van der Waals surface area contributed by atoms with E-state index in [1.165, 1.54) is 16.7 Å². The van der Waals surface area contributed by atoms with Gasteiger partial charge in [-0.3, -0.25) is 0 Å². The third-order valence-electron chi connectivity index (χ3n) is 4.84. The summed E-state index contributed by atoms with van der Waals surface area (Å²) in [6.07, 6.45) is 0. The van der Waals surface area contributed by atoms with Gasteiger partial charge in [0.05, 0.1) is 7.11 Å². The van der Waals surface area contributed by atoms with Crippen LogP contribution < -0.4 is 9.64 Å². The molecule has 0 atom stereocenters. The molecule has 28 heavy (non-hydrogen) atoms. The molecule has 138 valence electrons. The second-order valence-electron chi connectivity index (χ2n) is 6.79. The minimum absolute atomic E-state index is 0.843. The number of hydrogen-bond donors (Lipinski definition) is 0. The molecular weight excluding hydrogens is 342 g/mol. The van der Waals surface area contributed by atoms with Gasteiger partial charge in [0.1, 0.15) is 5.75 Å². The zero-order chi connectivity index (χ0) is 19.3. The van der Waals surface area contributed by atoms with E-state index in [0.717, 1.165) is 22.8 Å². The van der Waals surface area contributed by atoms with Crippen LogP contribution in [-0.2, 0) is 0 Å². The molecule has 0 aromatic heterocycles. The van der Waals surface area contributed by atoms with Crippen molar-refractivity contribution in [3.8, 4) is 16.9 Å². The van der Waals surface area contributed by atoms with E-state index >= 15 is 0 Å². The Balaban J connectivity index is 1.77. The molecular formula is C26H23NO. The van der Waals surface area contributed by atoms with Crippen LogP contribution >= 0.6 is 0 Å². The summed E-state index contributed by atoms with van der Waals surface area (Å²) in [6, 6.07) is 35.9. The molecule has 0 fully saturated rings. The Kier molecular flexibility index (Phi) is 5.11. The number of aryl methyl sites for hydroxylation is 1. The van der Waals surface area contributed by atoms with Crippen molar-refractivity contribution in [1.82, 2.24) is 0 Å². The fourth-order valence-electron chi connectivity index (χ4n) is 3.32. The molecule has 4 rings (SSSR count). The molecule has 0 bridgehead atoms. The van der Waals surface area contributed by atoms with Crippen LogP contribution in [0, 0.1) is 6.92 Å². The Morgan fingerprint density at radius 2 is 1.18 bits per heavy atom. The first kappa shape index (κ1) is 17.9. The second-order valence-corrected chi connectivity index (χ2v) is 6.79. The summed E-state index contributed by atoms with van der Waals surface area (Å²) in [7, 11) is 1.70. The van der Waals surface area contributed by atoms with Gasteiger partial charge in [0.25, 0.3) is 0 Å². The van der Waals surface area contributed by atoms with Gasteiger partial charge in [0, 0.05) is 23.1 Å². The van der Waals surface area contributed by atoms with Gasteiger partial charge in [-0.05, 0) is 54.4 Å². The number of anilines is 3. The average Bonchev–Trinajstić information content (AvgIpc) is 2.76. The summed E-state index contributed by atoms with van der Waals surface area (Å²) >= 11 is 0.